The van der Waals surface area contributed by atoms with Crippen LogP contribution in [-0.2, 0) is 16.1 Å². The molecule has 1 aromatic rings. The molecule has 24 heavy (non-hydrogen) atoms. The topological polar surface area (TPSA) is 81.5 Å². The van der Waals surface area contributed by atoms with Gasteiger partial charge in [-0.15, -0.1) is 0 Å². The maximum Gasteiger partial charge on any atom is 0.311 e. The molecule has 0 unspecified atom stereocenters. The molecule has 0 heterocycles. The molecular weight excluding hydrogens is 308 g/mol. The Kier molecular flexibility index (Phi) is 5.94. The van der Waals surface area contributed by atoms with Gasteiger partial charge in [0.15, 0.2) is 0 Å². The summed E-state index contributed by atoms with van der Waals surface area (Å²) in [7, 11) is 0. The number of hydrogen-bond donors (Lipinski definition) is 1. The fourth-order valence-electron chi connectivity index (χ4n) is 3.30. The highest BCUT2D eigenvalue weighted by atomic mass is 16.6. The van der Waals surface area contributed by atoms with E-state index in [2.05, 4.69) is 5.32 Å². The average molecular weight is 334 g/mol. The largest absolute Gasteiger partial charge is 0.466 e. The highest BCUT2D eigenvalue weighted by Gasteiger charge is 2.38. The summed E-state index contributed by atoms with van der Waals surface area (Å²) in [5, 5.41) is 14.6. The van der Waals surface area contributed by atoms with E-state index in [0.717, 1.165) is 36.8 Å². The molecule has 6 heteroatoms. The molecule has 1 N–H and O–H groups in total. The van der Waals surface area contributed by atoms with Gasteiger partial charge in [-0.2, -0.15) is 0 Å². The lowest BCUT2D eigenvalue weighted by molar-refractivity contribution is -0.385. The predicted molar refractivity (Wildman–Crippen MR) is 91.7 cm³/mol. The first-order chi connectivity index (χ1) is 11.4. The molecule has 0 aromatic heterocycles. The molecule has 6 nitrogen and oxygen atoms in total. The fourth-order valence-corrected chi connectivity index (χ4v) is 3.30. The van der Waals surface area contributed by atoms with Crippen LogP contribution in [0.3, 0.4) is 0 Å². The molecule has 1 saturated carbocycles. The van der Waals surface area contributed by atoms with Gasteiger partial charge < -0.3 is 10.1 Å². The van der Waals surface area contributed by atoms with E-state index in [4.69, 9.17) is 4.74 Å². The summed E-state index contributed by atoms with van der Waals surface area (Å²) in [6.07, 6.45) is 3.29. The van der Waals surface area contributed by atoms with Gasteiger partial charge in [0.2, 0.25) is 0 Å². The number of hydrogen-bond acceptors (Lipinski definition) is 5. The van der Waals surface area contributed by atoms with E-state index in [0.29, 0.717) is 13.2 Å². The molecule has 2 rings (SSSR count). The lowest BCUT2D eigenvalue weighted by atomic mass is 9.74. The molecule has 1 fully saturated rings. The minimum atomic E-state index is -0.400. The third kappa shape index (κ3) is 4.12. The standard InChI is InChI=1S/C18H26N2O4/c1-4-24-17(21)18(3)10-8-14(9-11-18)19-12-15-13(2)6-5-7-16(15)20(22)23/h5-7,14,19H,4,8-12H2,1-3H3. The van der Waals surface area contributed by atoms with Crippen LogP contribution in [0.5, 0.6) is 0 Å². The minimum absolute atomic E-state index is 0.113. The highest BCUT2D eigenvalue weighted by Crippen LogP contribution is 2.37. The van der Waals surface area contributed by atoms with Crippen molar-refractivity contribution in [2.75, 3.05) is 6.61 Å². The molecule has 0 saturated heterocycles. The number of nitrogens with zero attached hydrogens (tertiary/aromatic N) is 1. The van der Waals surface area contributed by atoms with E-state index in [1.807, 2.05) is 26.8 Å². The Hall–Kier alpha value is -1.95. The number of nitro groups is 1. The molecule has 1 aromatic carbocycles. The average Bonchev–Trinajstić information content (AvgIpc) is 2.55. The summed E-state index contributed by atoms with van der Waals surface area (Å²) in [4.78, 5) is 22.9. The maximum absolute atomic E-state index is 12.1. The third-order valence-electron chi connectivity index (χ3n) is 5.01. The molecule has 0 amide bonds. The molecule has 0 bridgehead atoms. The predicted octanol–water partition coefficient (Wildman–Crippen LogP) is 3.50. The van der Waals surface area contributed by atoms with Gasteiger partial charge in [-0.25, -0.2) is 0 Å². The van der Waals surface area contributed by atoms with Crippen LogP contribution in [0.4, 0.5) is 5.69 Å². The van der Waals surface area contributed by atoms with E-state index in [1.54, 1.807) is 12.1 Å². The van der Waals surface area contributed by atoms with E-state index in [9.17, 15) is 14.9 Å². The smallest absolute Gasteiger partial charge is 0.311 e. The second kappa shape index (κ2) is 7.75. The van der Waals surface area contributed by atoms with Gasteiger partial charge in [-0.3, -0.25) is 14.9 Å². The first kappa shape index (κ1) is 18.4. The van der Waals surface area contributed by atoms with Crippen molar-refractivity contribution < 1.29 is 14.5 Å². The van der Waals surface area contributed by atoms with Gasteiger partial charge >= 0.3 is 5.97 Å². The maximum atomic E-state index is 12.1. The van der Waals surface area contributed by atoms with Gasteiger partial charge in [0, 0.05) is 24.2 Å². The lowest BCUT2D eigenvalue weighted by Gasteiger charge is -2.35. The molecule has 132 valence electrons. The summed E-state index contributed by atoms with van der Waals surface area (Å²) >= 11 is 0. The number of carbonyl (C=O) groups is 1. The lowest BCUT2D eigenvalue weighted by Crippen LogP contribution is -2.40. The highest BCUT2D eigenvalue weighted by molar-refractivity contribution is 5.76. The number of rotatable bonds is 6. The molecular formula is C18H26N2O4. The summed E-state index contributed by atoms with van der Waals surface area (Å²) in [5.74, 6) is -0.113. The summed E-state index contributed by atoms with van der Waals surface area (Å²) in [5.41, 5.74) is 1.42. The van der Waals surface area contributed by atoms with E-state index in [-0.39, 0.29) is 22.6 Å². The zero-order chi connectivity index (χ0) is 17.7. The van der Waals surface area contributed by atoms with Crippen molar-refractivity contribution in [2.45, 2.75) is 59.0 Å². The number of nitro benzene ring substituents is 1. The Morgan fingerprint density at radius 3 is 2.67 bits per heavy atom. The Bertz CT molecular complexity index is 607. The van der Waals surface area contributed by atoms with Gasteiger partial charge in [-0.1, -0.05) is 12.1 Å². The summed E-state index contributed by atoms with van der Waals surface area (Å²) < 4.78 is 5.17. The van der Waals surface area contributed by atoms with Crippen LogP contribution >= 0.6 is 0 Å². The van der Waals surface area contributed by atoms with Crippen LogP contribution in [-0.4, -0.2) is 23.5 Å². The Balaban J connectivity index is 1.94. The summed E-state index contributed by atoms with van der Waals surface area (Å²) in [6, 6.07) is 5.42. The number of esters is 1. The number of nitrogens with one attached hydrogen (secondary N) is 1. The van der Waals surface area contributed by atoms with Crippen LogP contribution in [0.25, 0.3) is 0 Å². The Labute approximate surface area is 142 Å². The first-order valence-electron chi connectivity index (χ1n) is 8.51. The normalized spacial score (nSPS) is 23.7. The SMILES string of the molecule is CCOC(=O)C1(C)CCC(NCc2c(C)cccc2[N+](=O)[O-])CC1. The van der Waals surface area contributed by atoms with Crippen LogP contribution in [0.15, 0.2) is 18.2 Å². The van der Waals surface area contributed by atoms with Gasteiger partial charge in [0.1, 0.15) is 0 Å². The number of aryl methyl sites for hydroxylation is 1. The van der Waals surface area contributed by atoms with Crippen LogP contribution in [0.2, 0.25) is 0 Å². The summed E-state index contributed by atoms with van der Waals surface area (Å²) in [6.45, 7) is 6.57. The van der Waals surface area contributed by atoms with Gasteiger partial charge in [-0.05, 0) is 52.0 Å². The second-order valence-corrected chi connectivity index (χ2v) is 6.77. The monoisotopic (exact) mass is 334 g/mol. The van der Waals surface area contributed by atoms with Gasteiger partial charge in [0.25, 0.3) is 5.69 Å². The zero-order valence-corrected chi connectivity index (χ0v) is 14.6. The van der Waals surface area contributed by atoms with Crippen molar-refractivity contribution in [3.8, 4) is 0 Å². The Morgan fingerprint density at radius 1 is 1.42 bits per heavy atom. The number of carbonyl (C=O) groups excluding carboxylic acids is 1. The minimum Gasteiger partial charge on any atom is -0.466 e. The van der Waals surface area contributed by atoms with Crippen molar-refractivity contribution in [2.24, 2.45) is 5.41 Å². The fraction of sp³-hybridized carbons (Fsp3) is 0.611. The molecule has 1 aliphatic carbocycles. The number of ether oxygens (including phenoxy) is 1. The number of benzene rings is 1. The first-order valence-corrected chi connectivity index (χ1v) is 8.51. The third-order valence-corrected chi connectivity index (χ3v) is 5.01. The zero-order valence-electron chi connectivity index (χ0n) is 14.6. The molecule has 0 spiro atoms. The van der Waals surface area contributed by atoms with Crippen molar-refractivity contribution in [3.63, 3.8) is 0 Å². The Morgan fingerprint density at radius 2 is 2.08 bits per heavy atom. The second-order valence-electron chi connectivity index (χ2n) is 6.77. The van der Waals surface area contributed by atoms with Crippen molar-refractivity contribution >= 4 is 11.7 Å². The van der Waals surface area contributed by atoms with Crippen molar-refractivity contribution in [3.05, 3.63) is 39.4 Å². The quantitative estimate of drug-likeness (QED) is 0.489. The van der Waals surface area contributed by atoms with Gasteiger partial charge in [0.05, 0.1) is 16.9 Å². The molecule has 0 radical (unpaired) electrons. The van der Waals surface area contributed by atoms with E-state index >= 15 is 0 Å². The molecule has 0 atom stereocenters. The van der Waals surface area contributed by atoms with Crippen molar-refractivity contribution in [1.29, 1.82) is 0 Å². The van der Waals surface area contributed by atoms with E-state index in [1.165, 1.54) is 0 Å². The van der Waals surface area contributed by atoms with Crippen LogP contribution in [0.1, 0.15) is 50.7 Å². The van der Waals surface area contributed by atoms with Crippen LogP contribution < -0.4 is 5.32 Å². The van der Waals surface area contributed by atoms with Crippen LogP contribution in [0, 0.1) is 22.5 Å². The van der Waals surface area contributed by atoms with E-state index < -0.39 is 5.41 Å². The van der Waals surface area contributed by atoms with Crippen molar-refractivity contribution in [1.82, 2.24) is 5.32 Å². The molecule has 1 aliphatic rings. The molecule has 0 aliphatic heterocycles.